The SMILES string of the molecule is CC(Cc1ccco1)Nc1cccnc1Cl. The third-order valence-corrected chi connectivity index (χ3v) is 2.55. The fraction of sp³-hybridized carbons (Fsp3) is 0.250. The zero-order valence-corrected chi connectivity index (χ0v) is 9.74. The van der Waals surface area contributed by atoms with E-state index in [0.717, 1.165) is 17.9 Å². The highest BCUT2D eigenvalue weighted by Crippen LogP contribution is 2.19. The second-order valence-electron chi connectivity index (χ2n) is 3.67. The van der Waals surface area contributed by atoms with Gasteiger partial charge < -0.3 is 9.73 Å². The monoisotopic (exact) mass is 236 g/mol. The molecule has 84 valence electrons. The van der Waals surface area contributed by atoms with Crippen molar-refractivity contribution in [3.8, 4) is 0 Å². The molecular formula is C12H13ClN2O. The second kappa shape index (κ2) is 5.03. The van der Waals surface area contributed by atoms with Crippen LogP contribution in [0.5, 0.6) is 0 Å². The molecule has 1 N–H and O–H groups in total. The molecular weight excluding hydrogens is 224 g/mol. The lowest BCUT2D eigenvalue weighted by Crippen LogP contribution is -2.18. The molecule has 0 aromatic carbocycles. The molecule has 0 saturated heterocycles. The van der Waals surface area contributed by atoms with Gasteiger partial charge >= 0.3 is 0 Å². The Morgan fingerprint density at radius 3 is 3.00 bits per heavy atom. The quantitative estimate of drug-likeness (QED) is 0.828. The van der Waals surface area contributed by atoms with Gasteiger partial charge in [0.15, 0.2) is 5.15 Å². The Morgan fingerprint density at radius 1 is 1.44 bits per heavy atom. The summed E-state index contributed by atoms with van der Waals surface area (Å²) >= 11 is 5.95. The molecule has 2 aromatic heterocycles. The molecule has 0 aliphatic heterocycles. The van der Waals surface area contributed by atoms with Crippen molar-refractivity contribution in [2.45, 2.75) is 19.4 Å². The molecule has 1 unspecified atom stereocenters. The van der Waals surface area contributed by atoms with Crippen molar-refractivity contribution < 1.29 is 4.42 Å². The molecule has 2 aromatic rings. The van der Waals surface area contributed by atoms with Gasteiger partial charge in [-0.2, -0.15) is 0 Å². The van der Waals surface area contributed by atoms with Crippen LogP contribution in [0.4, 0.5) is 5.69 Å². The highest BCUT2D eigenvalue weighted by atomic mass is 35.5. The molecule has 0 amide bonds. The molecule has 0 fully saturated rings. The van der Waals surface area contributed by atoms with Crippen LogP contribution < -0.4 is 5.32 Å². The highest BCUT2D eigenvalue weighted by Gasteiger charge is 2.07. The summed E-state index contributed by atoms with van der Waals surface area (Å²) in [5, 5.41) is 3.79. The second-order valence-corrected chi connectivity index (χ2v) is 4.03. The molecule has 0 bridgehead atoms. The Bertz CT molecular complexity index is 442. The summed E-state index contributed by atoms with van der Waals surface area (Å²) in [4.78, 5) is 4.01. The van der Waals surface area contributed by atoms with Crippen molar-refractivity contribution in [1.82, 2.24) is 4.98 Å². The van der Waals surface area contributed by atoms with Gasteiger partial charge in [0.25, 0.3) is 0 Å². The maximum Gasteiger partial charge on any atom is 0.152 e. The molecule has 3 nitrogen and oxygen atoms in total. The Hall–Kier alpha value is -1.48. The number of hydrogen-bond acceptors (Lipinski definition) is 3. The van der Waals surface area contributed by atoms with E-state index >= 15 is 0 Å². The van der Waals surface area contributed by atoms with E-state index in [1.165, 1.54) is 0 Å². The number of rotatable bonds is 4. The predicted octanol–water partition coefficient (Wildman–Crippen LogP) is 3.37. The van der Waals surface area contributed by atoms with E-state index in [1.54, 1.807) is 12.5 Å². The lowest BCUT2D eigenvalue weighted by molar-refractivity contribution is 0.498. The van der Waals surface area contributed by atoms with Gasteiger partial charge in [-0.05, 0) is 31.2 Å². The first-order chi connectivity index (χ1) is 7.75. The van der Waals surface area contributed by atoms with Gasteiger partial charge in [0.05, 0.1) is 12.0 Å². The summed E-state index contributed by atoms with van der Waals surface area (Å²) in [6, 6.07) is 7.86. The van der Waals surface area contributed by atoms with Crippen LogP contribution in [0, 0.1) is 0 Å². The maximum absolute atomic E-state index is 5.95. The van der Waals surface area contributed by atoms with E-state index in [4.69, 9.17) is 16.0 Å². The Labute approximate surface area is 99.5 Å². The van der Waals surface area contributed by atoms with Gasteiger partial charge in [-0.3, -0.25) is 0 Å². The van der Waals surface area contributed by atoms with Crippen molar-refractivity contribution >= 4 is 17.3 Å². The van der Waals surface area contributed by atoms with Crippen molar-refractivity contribution in [1.29, 1.82) is 0 Å². The van der Waals surface area contributed by atoms with Gasteiger partial charge in [0.1, 0.15) is 5.76 Å². The van der Waals surface area contributed by atoms with Gasteiger partial charge in [-0.25, -0.2) is 4.98 Å². The molecule has 0 aliphatic carbocycles. The normalized spacial score (nSPS) is 12.4. The van der Waals surface area contributed by atoms with Gasteiger partial charge in [0, 0.05) is 18.7 Å². The maximum atomic E-state index is 5.95. The third-order valence-electron chi connectivity index (χ3n) is 2.25. The number of nitrogens with zero attached hydrogens (tertiary/aromatic N) is 1. The molecule has 0 spiro atoms. The fourth-order valence-corrected chi connectivity index (χ4v) is 1.71. The molecule has 4 heteroatoms. The fourth-order valence-electron chi connectivity index (χ4n) is 1.54. The minimum atomic E-state index is 0.243. The highest BCUT2D eigenvalue weighted by molar-refractivity contribution is 6.31. The smallest absolute Gasteiger partial charge is 0.152 e. The zero-order valence-electron chi connectivity index (χ0n) is 8.98. The van der Waals surface area contributed by atoms with E-state index in [1.807, 2.05) is 24.3 Å². The van der Waals surface area contributed by atoms with Crippen LogP contribution in [0.3, 0.4) is 0 Å². The number of hydrogen-bond donors (Lipinski definition) is 1. The standard InChI is InChI=1S/C12H13ClN2O/c1-9(8-10-4-3-7-16-10)15-11-5-2-6-14-12(11)13/h2-7,9,15H,8H2,1H3. The molecule has 0 aliphatic rings. The average molecular weight is 237 g/mol. The van der Waals surface area contributed by atoms with E-state index < -0.39 is 0 Å². The van der Waals surface area contributed by atoms with E-state index in [0.29, 0.717) is 5.15 Å². The summed E-state index contributed by atoms with van der Waals surface area (Å²) in [5.74, 6) is 0.958. The summed E-state index contributed by atoms with van der Waals surface area (Å²) in [6.07, 6.45) is 4.17. The third kappa shape index (κ3) is 2.76. The van der Waals surface area contributed by atoms with Crippen LogP contribution in [0.2, 0.25) is 5.15 Å². The van der Waals surface area contributed by atoms with Gasteiger partial charge in [-0.15, -0.1) is 0 Å². The summed E-state index contributed by atoms with van der Waals surface area (Å²) in [7, 11) is 0. The van der Waals surface area contributed by atoms with E-state index in [9.17, 15) is 0 Å². The predicted molar refractivity (Wildman–Crippen MR) is 64.7 cm³/mol. The molecule has 0 saturated carbocycles. The topological polar surface area (TPSA) is 38.1 Å². The van der Waals surface area contributed by atoms with Gasteiger partial charge in [-0.1, -0.05) is 11.6 Å². The van der Waals surface area contributed by atoms with Crippen LogP contribution >= 0.6 is 11.6 Å². The number of anilines is 1. The largest absolute Gasteiger partial charge is 0.469 e. The van der Waals surface area contributed by atoms with Crippen LogP contribution in [-0.2, 0) is 6.42 Å². The molecule has 0 radical (unpaired) electrons. The van der Waals surface area contributed by atoms with Gasteiger partial charge in [0.2, 0.25) is 0 Å². The number of nitrogens with one attached hydrogen (secondary N) is 1. The van der Waals surface area contributed by atoms with Crippen molar-refractivity contribution in [2.75, 3.05) is 5.32 Å². The molecule has 1 atom stereocenters. The first kappa shape index (κ1) is 11.0. The summed E-state index contributed by atoms with van der Waals surface area (Å²) < 4.78 is 5.28. The Morgan fingerprint density at radius 2 is 2.31 bits per heavy atom. The minimum absolute atomic E-state index is 0.243. The van der Waals surface area contributed by atoms with E-state index in [-0.39, 0.29) is 6.04 Å². The molecule has 16 heavy (non-hydrogen) atoms. The lowest BCUT2D eigenvalue weighted by atomic mass is 10.2. The number of aromatic nitrogens is 1. The van der Waals surface area contributed by atoms with Crippen molar-refractivity contribution in [2.24, 2.45) is 0 Å². The van der Waals surface area contributed by atoms with Crippen LogP contribution in [0.1, 0.15) is 12.7 Å². The summed E-state index contributed by atoms with van der Waals surface area (Å²) in [6.45, 7) is 2.08. The van der Waals surface area contributed by atoms with Crippen LogP contribution in [0.25, 0.3) is 0 Å². The Balaban J connectivity index is 1.97. The number of pyridine rings is 1. The number of furan rings is 1. The Kier molecular flexibility index (Phi) is 3.47. The van der Waals surface area contributed by atoms with E-state index in [2.05, 4.69) is 17.2 Å². The summed E-state index contributed by atoms with van der Waals surface area (Å²) in [5.41, 5.74) is 0.850. The molecule has 2 rings (SSSR count). The van der Waals surface area contributed by atoms with Crippen molar-refractivity contribution in [3.05, 3.63) is 47.6 Å². The first-order valence-electron chi connectivity index (χ1n) is 5.15. The number of halogens is 1. The molecule has 2 heterocycles. The zero-order chi connectivity index (χ0) is 11.4. The first-order valence-corrected chi connectivity index (χ1v) is 5.53. The average Bonchev–Trinajstić information content (AvgIpc) is 2.74. The van der Waals surface area contributed by atoms with Crippen LogP contribution in [-0.4, -0.2) is 11.0 Å². The van der Waals surface area contributed by atoms with Crippen LogP contribution in [0.15, 0.2) is 41.1 Å². The minimum Gasteiger partial charge on any atom is -0.469 e. The lowest BCUT2D eigenvalue weighted by Gasteiger charge is -2.14. The van der Waals surface area contributed by atoms with Crippen molar-refractivity contribution in [3.63, 3.8) is 0 Å².